The van der Waals surface area contributed by atoms with Crippen LogP contribution in [0.5, 0.6) is 0 Å². The fourth-order valence-corrected chi connectivity index (χ4v) is 2.47. The Morgan fingerprint density at radius 3 is 2.47 bits per heavy atom. The van der Waals surface area contributed by atoms with Gasteiger partial charge in [0.05, 0.1) is 0 Å². The normalized spacial score (nSPS) is 11.2. The van der Waals surface area contributed by atoms with Crippen LogP contribution < -0.4 is 0 Å². The smallest absolute Gasteiger partial charge is 0.163 e. The predicted octanol–water partition coefficient (Wildman–Crippen LogP) is 3.17. The molecule has 4 aromatic rings. The highest BCUT2D eigenvalue weighted by atomic mass is 15.0. The third-order valence-electron chi connectivity index (χ3n) is 3.26. The Bertz CT molecular complexity index is 865. The maximum absolute atomic E-state index is 4.25. The highest BCUT2D eigenvalue weighted by Crippen LogP contribution is 2.32. The van der Waals surface area contributed by atoms with Gasteiger partial charge in [0.2, 0.25) is 0 Å². The summed E-state index contributed by atoms with van der Waals surface area (Å²) in [4.78, 5) is 15.8. The second-order valence-corrected chi connectivity index (χ2v) is 4.36. The number of rotatable bonds is 1. The molecule has 0 fully saturated rings. The molecular formula is C15H10N4. The lowest BCUT2D eigenvalue weighted by Crippen LogP contribution is -1.89. The molecule has 1 N–H and O–H groups in total. The van der Waals surface area contributed by atoms with Gasteiger partial charge in [0.1, 0.15) is 12.7 Å². The van der Waals surface area contributed by atoms with E-state index in [4.69, 9.17) is 0 Å². The van der Waals surface area contributed by atoms with Crippen LogP contribution in [0.3, 0.4) is 0 Å². The average molecular weight is 246 g/mol. The molecule has 0 saturated carbocycles. The molecule has 0 radical (unpaired) electrons. The van der Waals surface area contributed by atoms with Gasteiger partial charge in [0.25, 0.3) is 0 Å². The van der Waals surface area contributed by atoms with E-state index in [-0.39, 0.29) is 0 Å². The van der Waals surface area contributed by atoms with E-state index in [2.05, 4.69) is 38.1 Å². The first kappa shape index (κ1) is 10.2. The Balaban J connectivity index is 2.17. The Morgan fingerprint density at radius 2 is 1.58 bits per heavy atom. The molecule has 0 unspecified atom stereocenters. The van der Waals surface area contributed by atoms with E-state index >= 15 is 0 Å². The molecule has 0 spiro atoms. The fraction of sp³-hybridized carbons (Fsp3) is 0. The fourth-order valence-electron chi connectivity index (χ4n) is 2.47. The summed E-state index contributed by atoms with van der Waals surface area (Å²) in [6.45, 7) is 0. The molecule has 2 aromatic carbocycles. The summed E-state index contributed by atoms with van der Waals surface area (Å²) in [6.07, 6.45) is 3.05. The van der Waals surface area contributed by atoms with E-state index in [1.807, 2.05) is 24.3 Å². The van der Waals surface area contributed by atoms with E-state index in [1.54, 1.807) is 0 Å². The van der Waals surface area contributed by atoms with Crippen LogP contribution in [0, 0.1) is 0 Å². The summed E-state index contributed by atoms with van der Waals surface area (Å²) in [5, 5.41) is 2.35. The van der Waals surface area contributed by atoms with E-state index in [0.717, 1.165) is 22.0 Å². The van der Waals surface area contributed by atoms with Crippen LogP contribution in [-0.2, 0) is 0 Å². The predicted molar refractivity (Wildman–Crippen MR) is 74.6 cm³/mol. The summed E-state index contributed by atoms with van der Waals surface area (Å²) in [6, 6.07) is 14.4. The third kappa shape index (κ3) is 1.50. The first-order chi connectivity index (χ1) is 9.43. The second-order valence-electron chi connectivity index (χ2n) is 4.36. The molecular weight excluding hydrogens is 236 g/mol. The van der Waals surface area contributed by atoms with Gasteiger partial charge >= 0.3 is 0 Å². The highest BCUT2D eigenvalue weighted by Gasteiger charge is 2.10. The number of nitrogens with one attached hydrogen (secondary N) is 1. The highest BCUT2D eigenvalue weighted by molar-refractivity contribution is 6.13. The number of fused-ring (bicyclic) bond motifs is 3. The zero-order valence-corrected chi connectivity index (χ0v) is 10.0. The first-order valence-electron chi connectivity index (χ1n) is 6.05. The van der Waals surface area contributed by atoms with Crippen molar-refractivity contribution in [1.82, 2.24) is 19.9 Å². The molecule has 0 aliphatic rings. The van der Waals surface area contributed by atoms with Crippen molar-refractivity contribution in [3.8, 4) is 11.4 Å². The van der Waals surface area contributed by atoms with Crippen molar-refractivity contribution in [3.05, 3.63) is 55.1 Å². The molecule has 19 heavy (non-hydrogen) atoms. The summed E-state index contributed by atoms with van der Waals surface area (Å²) < 4.78 is 0. The number of aromatic amines is 1. The van der Waals surface area contributed by atoms with Crippen LogP contribution in [0.15, 0.2) is 55.1 Å². The van der Waals surface area contributed by atoms with Crippen LogP contribution >= 0.6 is 0 Å². The van der Waals surface area contributed by atoms with Crippen LogP contribution in [0.1, 0.15) is 0 Å². The maximum atomic E-state index is 4.25. The number of H-pyrrole nitrogens is 1. The average Bonchev–Trinajstić information content (AvgIpc) is 2.86. The number of hydrogen-bond acceptors (Lipinski definition) is 3. The lowest BCUT2D eigenvalue weighted by Gasteiger charge is -2.01. The SMILES string of the molecule is c1ccc2c(c1)[nH]c1cccc(-c3ncncn3)c12. The van der Waals surface area contributed by atoms with Crippen molar-refractivity contribution in [2.24, 2.45) is 0 Å². The number of aromatic nitrogens is 4. The van der Waals surface area contributed by atoms with Crippen LogP contribution in [0.2, 0.25) is 0 Å². The minimum atomic E-state index is 0.699. The molecule has 0 amide bonds. The number of para-hydroxylation sites is 1. The lowest BCUT2D eigenvalue weighted by atomic mass is 10.1. The summed E-state index contributed by atoms with van der Waals surface area (Å²) >= 11 is 0. The van der Waals surface area contributed by atoms with Crippen molar-refractivity contribution < 1.29 is 0 Å². The summed E-state index contributed by atoms with van der Waals surface area (Å²) in [5.41, 5.74) is 3.25. The van der Waals surface area contributed by atoms with E-state index in [1.165, 1.54) is 18.0 Å². The zero-order chi connectivity index (χ0) is 12.7. The molecule has 0 aliphatic carbocycles. The standard InChI is InChI=1S/C15H10N4/c1-2-6-12-10(4-1)14-11(5-3-7-13(14)19-12)15-17-8-16-9-18-15/h1-9,19H. The van der Waals surface area contributed by atoms with Crippen molar-refractivity contribution in [2.45, 2.75) is 0 Å². The quantitative estimate of drug-likeness (QED) is 0.561. The van der Waals surface area contributed by atoms with Gasteiger partial charge in [-0.3, -0.25) is 0 Å². The van der Waals surface area contributed by atoms with Gasteiger partial charge in [-0.25, -0.2) is 15.0 Å². The zero-order valence-electron chi connectivity index (χ0n) is 10.0. The van der Waals surface area contributed by atoms with Gasteiger partial charge in [-0.1, -0.05) is 30.3 Å². The van der Waals surface area contributed by atoms with Gasteiger partial charge in [-0.05, 0) is 12.1 Å². The van der Waals surface area contributed by atoms with Gasteiger partial charge in [-0.15, -0.1) is 0 Å². The topological polar surface area (TPSA) is 54.5 Å². The van der Waals surface area contributed by atoms with Gasteiger partial charge in [0, 0.05) is 27.4 Å². The van der Waals surface area contributed by atoms with Crippen molar-refractivity contribution in [1.29, 1.82) is 0 Å². The molecule has 2 aromatic heterocycles. The first-order valence-corrected chi connectivity index (χ1v) is 6.05. The van der Waals surface area contributed by atoms with Gasteiger partial charge in [0.15, 0.2) is 5.82 Å². The van der Waals surface area contributed by atoms with Gasteiger partial charge < -0.3 is 4.98 Å². The number of hydrogen-bond donors (Lipinski definition) is 1. The lowest BCUT2D eigenvalue weighted by molar-refractivity contribution is 1.06. The van der Waals surface area contributed by atoms with E-state index < -0.39 is 0 Å². The van der Waals surface area contributed by atoms with Crippen LogP contribution in [0.4, 0.5) is 0 Å². The monoisotopic (exact) mass is 246 g/mol. The molecule has 0 atom stereocenters. The van der Waals surface area contributed by atoms with Crippen molar-refractivity contribution in [3.63, 3.8) is 0 Å². The summed E-state index contributed by atoms with van der Waals surface area (Å²) in [5.74, 6) is 0.699. The number of benzene rings is 2. The minimum Gasteiger partial charge on any atom is -0.354 e. The molecule has 2 heterocycles. The Kier molecular flexibility index (Phi) is 2.08. The minimum absolute atomic E-state index is 0.699. The maximum Gasteiger partial charge on any atom is 0.163 e. The molecule has 0 aliphatic heterocycles. The Hall–Kier alpha value is -2.75. The van der Waals surface area contributed by atoms with Crippen LogP contribution in [-0.4, -0.2) is 19.9 Å². The Labute approximate surface area is 109 Å². The molecule has 0 bridgehead atoms. The summed E-state index contributed by atoms with van der Waals surface area (Å²) in [7, 11) is 0. The molecule has 90 valence electrons. The molecule has 0 saturated heterocycles. The molecule has 4 nitrogen and oxygen atoms in total. The van der Waals surface area contributed by atoms with Gasteiger partial charge in [-0.2, -0.15) is 0 Å². The van der Waals surface area contributed by atoms with Crippen molar-refractivity contribution in [2.75, 3.05) is 0 Å². The van der Waals surface area contributed by atoms with Crippen LogP contribution in [0.25, 0.3) is 33.2 Å². The number of nitrogens with zero attached hydrogens (tertiary/aromatic N) is 3. The Morgan fingerprint density at radius 1 is 0.789 bits per heavy atom. The largest absolute Gasteiger partial charge is 0.354 e. The van der Waals surface area contributed by atoms with E-state index in [9.17, 15) is 0 Å². The van der Waals surface area contributed by atoms with E-state index in [0.29, 0.717) is 5.82 Å². The molecule has 4 rings (SSSR count). The second kappa shape index (κ2) is 3.88. The molecule has 4 heteroatoms. The van der Waals surface area contributed by atoms with Crippen molar-refractivity contribution >= 4 is 21.8 Å². The third-order valence-corrected chi connectivity index (χ3v) is 3.26.